The van der Waals surface area contributed by atoms with Crippen molar-refractivity contribution in [3.63, 3.8) is 0 Å². The number of fused-ring (bicyclic) bond motifs is 1. The molecule has 1 aliphatic heterocycles. The van der Waals surface area contributed by atoms with E-state index >= 15 is 0 Å². The van der Waals surface area contributed by atoms with Crippen LogP contribution < -0.4 is 16.0 Å². The minimum Gasteiger partial charge on any atom is -0.477 e. The number of nitrogen functional groups attached to an aromatic ring is 1. The van der Waals surface area contributed by atoms with Crippen LogP contribution in [0.15, 0.2) is 47.4 Å². The molecule has 3 aromatic rings. The fraction of sp³-hybridized carbons (Fsp3) is 0.296. The van der Waals surface area contributed by atoms with Gasteiger partial charge in [-0.3, -0.25) is 9.59 Å². The second-order valence-electron chi connectivity index (χ2n) is 9.34. The van der Waals surface area contributed by atoms with Crippen molar-refractivity contribution in [2.45, 2.75) is 38.3 Å². The Bertz CT molecular complexity index is 1570. The maximum atomic E-state index is 14.2. The Balaban J connectivity index is 1.49. The van der Waals surface area contributed by atoms with Crippen molar-refractivity contribution in [3.05, 3.63) is 70.2 Å². The highest BCUT2D eigenvalue weighted by molar-refractivity contribution is 6.01. The molecule has 2 aliphatic rings. The lowest BCUT2D eigenvalue weighted by Crippen LogP contribution is -2.31. The van der Waals surface area contributed by atoms with Gasteiger partial charge in [0, 0.05) is 31.3 Å². The number of carbonyl (C=O) groups excluding carboxylic acids is 1. The van der Waals surface area contributed by atoms with Crippen LogP contribution >= 0.6 is 0 Å². The predicted molar refractivity (Wildman–Crippen MR) is 136 cm³/mol. The maximum Gasteiger partial charge on any atom is 0.298 e. The number of allylic oxidation sites excluding steroid dienone is 2. The second-order valence-corrected chi connectivity index (χ2v) is 9.34. The molecule has 2 aromatic heterocycles. The summed E-state index contributed by atoms with van der Waals surface area (Å²) in [5, 5.41) is 6.91. The molecule has 0 saturated carbocycles. The van der Waals surface area contributed by atoms with Gasteiger partial charge >= 0.3 is 0 Å². The second kappa shape index (κ2) is 9.24. The number of benzene rings is 1. The molecule has 3 heterocycles. The number of halogens is 2. The number of H-pyrrole nitrogens is 1. The van der Waals surface area contributed by atoms with E-state index in [1.807, 2.05) is 16.8 Å². The standard InChI is InChI=1S/C27H25F2N5O3/c1-3-5-21(35)33-13-10-17(14-33)34-15-18(22-23(34)26(36)32-31-25(22)30)16-8-11-27(2,12-9-16)37-24-19(28)6-4-7-20(24)29/h4,6-9,11,15,17H,10,12-14H2,1-2H3,(H2,30,31)(H,32,36)/t17-,27?/m1/s1. The Morgan fingerprint density at radius 2 is 2.08 bits per heavy atom. The van der Waals surface area contributed by atoms with Gasteiger partial charge in [-0.05, 0) is 50.0 Å². The molecule has 1 aromatic carbocycles. The quantitative estimate of drug-likeness (QED) is 0.528. The lowest BCUT2D eigenvalue weighted by molar-refractivity contribution is -0.124. The molecule has 2 atom stereocenters. The molecule has 10 heteroatoms. The predicted octanol–water partition coefficient (Wildman–Crippen LogP) is 3.56. The molecule has 37 heavy (non-hydrogen) atoms. The van der Waals surface area contributed by atoms with E-state index in [2.05, 4.69) is 22.0 Å². The lowest BCUT2D eigenvalue weighted by atomic mass is 9.90. The van der Waals surface area contributed by atoms with Crippen molar-refractivity contribution < 1.29 is 18.3 Å². The van der Waals surface area contributed by atoms with E-state index in [0.717, 1.165) is 17.7 Å². The molecule has 190 valence electrons. The number of amides is 1. The minimum absolute atomic E-state index is 0.146. The van der Waals surface area contributed by atoms with Crippen molar-refractivity contribution in [1.82, 2.24) is 19.7 Å². The number of likely N-dealkylation sites (tertiary alicyclic amines) is 1. The largest absolute Gasteiger partial charge is 0.477 e. The molecular weight excluding hydrogens is 480 g/mol. The van der Waals surface area contributed by atoms with Gasteiger partial charge in [0.2, 0.25) is 0 Å². The average molecular weight is 506 g/mol. The van der Waals surface area contributed by atoms with Gasteiger partial charge in [0.1, 0.15) is 11.1 Å². The highest BCUT2D eigenvalue weighted by atomic mass is 19.1. The Kier molecular flexibility index (Phi) is 6.07. The van der Waals surface area contributed by atoms with Crippen LogP contribution in [0.5, 0.6) is 5.75 Å². The van der Waals surface area contributed by atoms with E-state index in [0.29, 0.717) is 42.4 Å². The Morgan fingerprint density at radius 3 is 2.76 bits per heavy atom. The SMILES string of the molecule is CC#CC(=O)N1CC[C@@H](n2cc(C3=CCC(C)(Oc4c(F)cccc4F)C=C3)c3c(N)n[nH]c(=O)c32)C1. The zero-order valence-electron chi connectivity index (χ0n) is 20.3. The van der Waals surface area contributed by atoms with Gasteiger partial charge in [0.05, 0.1) is 11.4 Å². The van der Waals surface area contributed by atoms with Crippen molar-refractivity contribution in [2.24, 2.45) is 0 Å². The number of nitrogens with one attached hydrogen (secondary N) is 1. The van der Waals surface area contributed by atoms with Crippen molar-refractivity contribution in [2.75, 3.05) is 18.8 Å². The molecule has 1 aliphatic carbocycles. The summed E-state index contributed by atoms with van der Waals surface area (Å²) in [6.07, 6.45) is 8.20. The summed E-state index contributed by atoms with van der Waals surface area (Å²) in [7, 11) is 0. The third kappa shape index (κ3) is 4.37. The number of aromatic amines is 1. The van der Waals surface area contributed by atoms with Crippen LogP contribution in [0.4, 0.5) is 14.6 Å². The number of para-hydroxylation sites is 1. The fourth-order valence-corrected chi connectivity index (χ4v) is 4.88. The first-order valence-electron chi connectivity index (χ1n) is 11.8. The van der Waals surface area contributed by atoms with Gasteiger partial charge in [0.15, 0.2) is 23.2 Å². The summed E-state index contributed by atoms with van der Waals surface area (Å²) < 4.78 is 35.9. The number of hydrogen-bond acceptors (Lipinski definition) is 5. The van der Waals surface area contributed by atoms with Crippen LogP contribution in [0, 0.1) is 23.5 Å². The normalized spacial score (nSPS) is 21.0. The number of rotatable bonds is 4. The van der Waals surface area contributed by atoms with Crippen LogP contribution in [-0.2, 0) is 4.79 Å². The number of nitrogens with two attached hydrogens (primary N) is 1. The highest BCUT2D eigenvalue weighted by Gasteiger charge is 2.32. The zero-order valence-corrected chi connectivity index (χ0v) is 20.3. The summed E-state index contributed by atoms with van der Waals surface area (Å²) >= 11 is 0. The number of nitrogens with zero attached hydrogens (tertiary/aromatic N) is 3. The molecule has 5 rings (SSSR count). The maximum absolute atomic E-state index is 14.2. The van der Waals surface area contributed by atoms with Gasteiger partial charge in [-0.2, -0.15) is 5.10 Å². The first kappa shape index (κ1) is 24.3. The van der Waals surface area contributed by atoms with E-state index < -0.39 is 28.5 Å². The van der Waals surface area contributed by atoms with E-state index in [9.17, 15) is 18.4 Å². The molecule has 0 radical (unpaired) electrons. The van der Waals surface area contributed by atoms with Crippen molar-refractivity contribution in [1.29, 1.82) is 0 Å². The van der Waals surface area contributed by atoms with Crippen LogP contribution in [0.25, 0.3) is 16.5 Å². The molecule has 0 spiro atoms. The molecule has 1 fully saturated rings. The van der Waals surface area contributed by atoms with Gasteiger partial charge in [-0.15, -0.1) is 0 Å². The summed E-state index contributed by atoms with van der Waals surface area (Å²) in [5.74, 6) is 3.11. The van der Waals surface area contributed by atoms with Crippen LogP contribution in [-0.4, -0.2) is 44.3 Å². The third-order valence-electron chi connectivity index (χ3n) is 6.77. The summed E-state index contributed by atoms with van der Waals surface area (Å²) in [6.45, 7) is 4.28. The van der Waals surface area contributed by atoms with Crippen LogP contribution in [0.3, 0.4) is 0 Å². The molecule has 0 bridgehead atoms. The average Bonchev–Trinajstić information content (AvgIpc) is 3.51. The number of anilines is 1. The number of ether oxygens (including phenoxy) is 1. The lowest BCUT2D eigenvalue weighted by Gasteiger charge is -2.29. The summed E-state index contributed by atoms with van der Waals surface area (Å²) in [4.78, 5) is 26.8. The third-order valence-corrected chi connectivity index (χ3v) is 6.77. The van der Waals surface area contributed by atoms with E-state index in [1.165, 1.54) is 6.07 Å². The fourth-order valence-electron chi connectivity index (χ4n) is 4.88. The van der Waals surface area contributed by atoms with Gasteiger partial charge < -0.3 is 19.9 Å². The smallest absolute Gasteiger partial charge is 0.298 e. The number of aromatic nitrogens is 3. The molecule has 1 unspecified atom stereocenters. The first-order chi connectivity index (χ1) is 17.7. The zero-order chi connectivity index (χ0) is 26.3. The summed E-state index contributed by atoms with van der Waals surface area (Å²) in [6, 6.07) is 3.42. The van der Waals surface area contributed by atoms with Crippen molar-refractivity contribution in [3.8, 4) is 17.6 Å². The monoisotopic (exact) mass is 505 g/mol. The van der Waals surface area contributed by atoms with Crippen LogP contribution in [0.1, 0.15) is 38.3 Å². The first-order valence-corrected chi connectivity index (χ1v) is 11.8. The Morgan fingerprint density at radius 1 is 1.32 bits per heavy atom. The number of hydrogen-bond donors (Lipinski definition) is 2. The highest BCUT2D eigenvalue weighted by Crippen LogP contribution is 2.38. The Labute approximate surface area is 211 Å². The van der Waals surface area contributed by atoms with Crippen molar-refractivity contribution >= 4 is 28.2 Å². The topological polar surface area (TPSA) is 106 Å². The minimum atomic E-state index is -0.987. The molecule has 1 saturated heterocycles. The molecule has 1 amide bonds. The van der Waals surface area contributed by atoms with E-state index in [4.69, 9.17) is 10.5 Å². The van der Waals surface area contributed by atoms with Crippen LogP contribution in [0.2, 0.25) is 0 Å². The Hall–Kier alpha value is -4.39. The van der Waals surface area contributed by atoms with Gasteiger partial charge in [-0.25, -0.2) is 13.9 Å². The van der Waals surface area contributed by atoms with Gasteiger partial charge in [-0.1, -0.05) is 24.1 Å². The van der Waals surface area contributed by atoms with E-state index in [1.54, 1.807) is 30.9 Å². The summed E-state index contributed by atoms with van der Waals surface area (Å²) in [5.41, 5.74) is 6.66. The van der Waals surface area contributed by atoms with E-state index in [-0.39, 0.29) is 17.8 Å². The number of carbonyl (C=O) groups is 1. The molecule has 8 nitrogen and oxygen atoms in total. The molecule has 3 N–H and O–H groups in total. The van der Waals surface area contributed by atoms with Gasteiger partial charge in [0.25, 0.3) is 11.5 Å². The molecular formula is C27H25F2N5O3.